The fourth-order valence-electron chi connectivity index (χ4n) is 1.98. The molecule has 0 aliphatic heterocycles. The third kappa shape index (κ3) is 4.12. The van der Waals surface area contributed by atoms with Crippen molar-refractivity contribution < 1.29 is 23.1 Å². The van der Waals surface area contributed by atoms with Gasteiger partial charge in [0.25, 0.3) is 5.91 Å². The van der Waals surface area contributed by atoms with Crippen LogP contribution in [0.4, 0.5) is 14.5 Å². The van der Waals surface area contributed by atoms with Crippen LogP contribution in [0.5, 0.6) is 0 Å². The molecule has 9 heteroatoms. The van der Waals surface area contributed by atoms with Gasteiger partial charge in [-0.1, -0.05) is 6.07 Å². The lowest BCUT2D eigenvalue weighted by atomic mass is 10.2. The van der Waals surface area contributed by atoms with Crippen LogP contribution in [0.1, 0.15) is 17.4 Å². The van der Waals surface area contributed by atoms with Crippen LogP contribution < -0.4 is 5.32 Å². The standard InChI is InChI=1S/C17H12F2N2O3S2/c1-9(15(22)20-12-5-4-10(18)7-11(12)19)24-17(23)13-8-26-16(21-13)14-3-2-6-25-14/h2-9H,1H3,(H,20,22)/t9-/m1/s1. The number of esters is 1. The van der Waals surface area contributed by atoms with E-state index >= 15 is 0 Å². The van der Waals surface area contributed by atoms with Crippen molar-refractivity contribution in [2.45, 2.75) is 13.0 Å². The van der Waals surface area contributed by atoms with Gasteiger partial charge in [0.05, 0.1) is 10.6 Å². The highest BCUT2D eigenvalue weighted by molar-refractivity contribution is 7.20. The second kappa shape index (κ2) is 7.71. The molecule has 1 aromatic carbocycles. The van der Waals surface area contributed by atoms with E-state index in [2.05, 4.69) is 10.3 Å². The van der Waals surface area contributed by atoms with Crippen LogP contribution in [0.15, 0.2) is 41.1 Å². The lowest BCUT2D eigenvalue weighted by Crippen LogP contribution is -2.30. The molecule has 2 aromatic heterocycles. The summed E-state index contributed by atoms with van der Waals surface area (Å²) in [6.45, 7) is 1.35. The lowest BCUT2D eigenvalue weighted by Gasteiger charge is -2.13. The Hall–Kier alpha value is -2.65. The Kier molecular flexibility index (Phi) is 5.38. The van der Waals surface area contributed by atoms with Gasteiger partial charge in [-0.05, 0) is 30.5 Å². The zero-order valence-corrected chi connectivity index (χ0v) is 15.0. The number of halogens is 2. The highest BCUT2D eigenvalue weighted by Gasteiger charge is 2.22. The maximum absolute atomic E-state index is 13.6. The molecule has 1 amide bonds. The molecule has 0 spiro atoms. The second-order valence-electron chi connectivity index (χ2n) is 5.18. The molecule has 0 unspecified atom stereocenters. The summed E-state index contributed by atoms with van der Waals surface area (Å²) < 4.78 is 31.5. The zero-order valence-electron chi connectivity index (χ0n) is 13.4. The van der Waals surface area contributed by atoms with Crippen LogP contribution in [0.25, 0.3) is 9.88 Å². The fourth-order valence-corrected chi connectivity index (χ4v) is 3.58. The van der Waals surface area contributed by atoms with Crippen molar-refractivity contribution in [2.24, 2.45) is 0 Å². The number of thiazole rings is 1. The first kappa shape index (κ1) is 18.2. The summed E-state index contributed by atoms with van der Waals surface area (Å²) in [5, 5.41) is 6.37. The number of rotatable bonds is 5. The highest BCUT2D eigenvalue weighted by atomic mass is 32.1. The smallest absolute Gasteiger partial charge is 0.358 e. The molecule has 0 radical (unpaired) electrons. The molecule has 3 aromatic rings. The van der Waals surface area contributed by atoms with Crippen LogP contribution in [-0.4, -0.2) is 23.0 Å². The van der Waals surface area contributed by atoms with Crippen molar-refractivity contribution in [1.29, 1.82) is 0 Å². The minimum absolute atomic E-state index is 0.0889. The number of hydrogen-bond acceptors (Lipinski definition) is 6. The van der Waals surface area contributed by atoms with Crippen molar-refractivity contribution in [3.8, 4) is 9.88 Å². The summed E-state index contributed by atoms with van der Waals surface area (Å²) >= 11 is 2.78. The van der Waals surface area contributed by atoms with Gasteiger partial charge in [0.2, 0.25) is 0 Å². The number of carbonyl (C=O) groups excluding carboxylic acids is 2. The van der Waals surface area contributed by atoms with Crippen LogP contribution in [0, 0.1) is 11.6 Å². The predicted molar refractivity (Wildman–Crippen MR) is 95.3 cm³/mol. The van der Waals surface area contributed by atoms with Gasteiger partial charge < -0.3 is 10.1 Å². The van der Waals surface area contributed by atoms with Gasteiger partial charge in [-0.25, -0.2) is 18.6 Å². The lowest BCUT2D eigenvalue weighted by molar-refractivity contribution is -0.123. The summed E-state index contributed by atoms with van der Waals surface area (Å²) in [5.41, 5.74) is -0.112. The zero-order chi connectivity index (χ0) is 18.7. The van der Waals surface area contributed by atoms with Gasteiger partial charge in [-0.15, -0.1) is 22.7 Å². The molecule has 1 N–H and O–H groups in total. The maximum Gasteiger partial charge on any atom is 0.358 e. The van der Waals surface area contributed by atoms with E-state index in [1.807, 2.05) is 17.5 Å². The average molecular weight is 394 g/mol. The van der Waals surface area contributed by atoms with E-state index in [0.717, 1.165) is 17.0 Å². The Morgan fingerprint density at radius 2 is 2.04 bits per heavy atom. The molecule has 2 heterocycles. The molecule has 134 valence electrons. The van der Waals surface area contributed by atoms with E-state index < -0.39 is 29.6 Å². The molecule has 26 heavy (non-hydrogen) atoms. The van der Waals surface area contributed by atoms with Gasteiger partial charge in [-0.3, -0.25) is 4.79 Å². The summed E-state index contributed by atoms with van der Waals surface area (Å²) in [6, 6.07) is 6.50. The van der Waals surface area contributed by atoms with Crippen LogP contribution in [0.3, 0.4) is 0 Å². The first-order chi connectivity index (χ1) is 12.4. The minimum atomic E-state index is -1.18. The summed E-state index contributed by atoms with van der Waals surface area (Å²) in [7, 11) is 0. The Bertz CT molecular complexity index is 941. The van der Waals surface area contributed by atoms with Crippen molar-refractivity contribution in [3.05, 3.63) is 58.4 Å². The van der Waals surface area contributed by atoms with Crippen LogP contribution in [-0.2, 0) is 9.53 Å². The maximum atomic E-state index is 13.6. The molecular weight excluding hydrogens is 382 g/mol. The molecule has 0 bridgehead atoms. The number of carbonyl (C=O) groups is 2. The third-order valence-corrected chi connectivity index (χ3v) is 5.17. The predicted octanol–water partition coefficient (Wildman–Crippen LogP) is 4.33. The normalized spacial score (nSPS) is 11.8. The Labute approximate surface area is 155 Å². The SMILES string of the molecule is C[C@@H](OC(=O)c1csc(-c2cccs2)n1)C(=O)Nc1ccc(F)cc1F. The fraction of sp³-hybridized carbons (Fsp3) is 0.118. The average Bonchev–Trinajstić information content (AvgIpc) is 3.28. The van der Waals surface area contributed by atoms with E-state index in [1.54, 1.807) is 5.38 Å². The Morgan fingerprint density at radius 1 is 1.23 bits per heavy atom. The first-order valence-corrected chi connectivity index (χ1v) is 9.16. The molecule has 0 aliphatic carbocycles. The molecule has 0 saturated carbocycles. The largest absolute Gasteiger partial charge is 0.448 e. The number of ether oxygens (including phenoxy) is 1. The Morgan fingerprint density at radius 3 is 2.73 bits per heavy atom. The van der Waals surface area contributed by atoms with Crippen LogP contribution >= 0.6 is 22.7 Å². The highest BCUT2D eigenvalue weighted by Crippen LogP contribution is 2.28. The Balaban J connectivity index is 1.62. The van der Waals surface area contributed by atoms with Crippen LogP contribution in [0.2, 0.25) is 0 Å². The van der Waals surface area contributed by atoms with Crippen molar-refractivity contribution >= 4 is 40.2 Å². The topological polar surface area (TPSA) is 68.3 Å². The molecule has 5 nitrogen and oxygen atoms in total. The van der Waals surface area contributed by atoms with E-state index in [1.165, 1.54) is 29.6 Å². The monoisotopic (exact) mass is 394 g/mol. The summed E-state index contributed by atoms with van der Waals surface area (Å²) in [6.07, 6.45) is -1.18. The van der Waals surface area contributed by atoms with Gasteiger partial charge in [-0.2, -0.15) is 0 Å². The van der Waals surface area contributed by atoms with E-state index in [-0.39, 0.29) is 11.4 Å². The number of thiophene rings is 1. The number of amides is 1. The summed E-state index contributed by atoms with van der Waals surface area (Å²) in [4.78, 5) is 29.3. The van der Waals surface area contributed by atoms with Gasteiger partial charge in [0.1, 0.15) is 16.6 Å². The minimum Gasteiger partial charge on any atom is -0.448 e. The molecule has 3 rings (SSSR count). The van der Waals surface area contributed by atoms with E-state index in [0.29, 0.717) is 11.1 Å². The quantitative estimate of drug-likeness (QED) is 0.654. The first-order valence-electron chi connectivity index (χ1n) is 7.40. The van der Waals surface area contributed by atoms with Crippen molar-refractivity contribution in [3.63, 3.8) is 0 Å². The van der Waals surface area contributed by atoms with Crippen molar-refractivity contribution in [2.75, 3.05) is 5.32 Å². The number of aromatic nitrogens is 1. The second-order valence-corrected chi connectivity index (χ2v) is 6.98. The van der Waals surface area contributed by atoms with Crippen molar-refractivity contribution in [1.82, 2.24) is 4.98 Å². The number of anilines is 1. The molecule has 0 fully saturated rings. The molecule has 0 saturated heterocycles. The summed E-state index contributed by atoms with van der Waals surface area (Å²) in [5.74, 6) is -3.18. The van der Waals surface area contributed by atoms with Gasteiger partial charge in [0.15, 0.2) is 11.8 Å². The number of hydrogen-bond donors (Lipinski definition) is 1. The van der Waals surface area contributed by atoms with Gasteiger partial charge >= 0.3 is 5.97 Å². The molecule has 0 aliphatic rings. The van der Waals surface area contributed by atoms with E-state index in [4.69, 9.17) is 4.74 Å². The third-order valence-electron chi connectivity index (χ3n) is 3.29. The molecular formula is C17H12F2N2O3S2. The van der Waals surface area contributed by atoms with Gasteiger partial charge in [0, 0.05) is 11.4 Å². The number of nitrogens with zero attached hydrogens (tertiary/aromatic N) is 1. The number of benzene rings is 1. The number of nitrogens with one attached hydrogen (secondary N) is 1. The molecule has 1 atom stereocenters. The van der Waals surface area contributed by atoms with E-state index in [9.17, 15) is 18.4 Å².